The van der Waals surface area contributed by atoms with E-state index in [2.05, 4.69) is 21.8 Å². The van der Waals surface area contributed by atoms with Gasteiger partial charge < -0.3 is 9.64 Å². The number of aromatic nitrogens is 2. The van der Waals surface area contributed by atoms with Crippen molar-refractivity contribution in [1.29, 1.82) is 0 Å². The van der Waals surface area contributed by atoms with Gasteiger partial charge in [0.15, 0.2) is 0 Å². The minimum atomic E-state index is 0.294. The average molecular weight is 292 g/mol. The number of hydrogen-bond acceptors (Lipinski definition) is 4. The molecule has 1 saturated heterocycles. The molecule has 106 valence electrons. The van der Waals surface area contributed by atoms with Gasteiger partial charge >= 0.3 is 0 Å². The molecule has 1 aliphatic heterocycles. The van der Waals surface area contributed by atoms with Gasteiger partial charge in [-0.25, -0.2) is 4.98 Å². The van der Waals surface area contributed by atoms with E-state index in [0.29, 0.717) is 11.4 Å². The Kier molecular flexibility index (Phi) is 4.03. The van der Waals surface area contributed by atoms with E-state index in [1.807, 2.05) is 24.3 Å². The summed E-state index contributed by atoms with van der Waals surface area (Å²) >= 11 is 6.06. The molecular formula is C15H18ClN3O. The fourth-order valence-electron chi connectivity index (χ4n) is 2.67. The highest BCUT2D eigenvalue weighted by Crippen LogP contribution is 2.26. The Morgan fingerprint density at radius 1 is 1.35 bits per heavy atom. The molecule has 1 unspecified atom stereocenters. The standard InChI is InChI=1S/C15H18ClN3O/c1-2-19(10-11-6-5-9-20-11)14-12-7-3-4-8-13(12)17-15(16)18-14/h3-4,7-8,11H,2,5-6,9-10H2,1H3. The summed E-state index contributed by atoms with van der Waals surface area (Å²) in [6.07, 6.45) is 2.56. The molecule has 0 radical (unpaired) electrons. The van der Waals surface area contributed by atoms with Crippen LogP contribution in [-0.2, 0) is 4.74 Å². The SMILES string of the molecule is CCN(CC1CCCO1)c1nc(Cl)nc2ccccc12. The summed E-state index contributed by atoms with van der Waals surface area (Å²) in [4.78, 5) is 10.9. The molecule has 0 N–H and O–H groups in total. The van der Waals surface area contributed by atoms with E-state index in [0.717, 1.165) is 49.3 Å². The zero-order valence-electron chi connectivity index (χ0n) is 11.6. The van der Waals surface area contributed by atoms with E-state index in [4.69, 9.17) is 16.3 Å². The van der Waals surface area contributed by atoms with Crippen molar-refractivity contribution in [3.63, 3.8) is 0 Å². The van der Waals surface area contributed by atoms with Gasteiger partial charge in [0.2, 0.25) is 5.28 Å². The molecule has 0 spiro atoms. The summed E-state index contributed by atoms with van der Waals surface area (Å²) in [5.41, 5.74) is 0.883. The summed E-state index contributed by atoms with van der Waals surface area (Å²) in [6.45, 7) is 4.72. The number of likely N-dealkylation sites (N-methyl/N-ethyl adjacent to an activating group) is 1. The Morgan fingerprint density at radius 2 is 2.20 bits per heavy atom. The van der Waals surface area contributed by atoms with Gasteiger partial charge in [0.1, 0.15) is 5.82 Å². The number of halogens is 1. The van der Waals surface area contributed by atoms with Crippen molar-refractivity contribution in [2.45, 2.75) is 25.9 Å². The molecule has 1 fully saturated rings. The topological polar surface area (TPSA) is 38.2 Å². The number of benzene rings is 1. The number of rotatable bonds is 4. The van der Waals surface area contributed by atoms with Gasteiger partial charge in [0.05, 0.1) is 11.6 Å². The number of ether oxygens (including phenoxy) is 1. The average Bonchev–Trinajstić information content (AvgIpc) is 2.97. The maximum Gasteiger partial charge on any atom is 0.224 e. The maximum absolute atomic E-state index is 6.06. The predicted molar refractivity (Wildman–Crippen MR) is 81.4 cm³/mol. The molecule has 5 heteroatoms. The molecule has 1 aromatic heterocycles. The normalized spacial score (nSPS) is 18.6. The highest BCUT2D eigenvalue weighted by atomic mass is 35.5. The van der Waals surface area contributed by atoms with Crippen LogP contribution >= 0.6 is 11.6 Å². The van der Waals surface area contributed by atoms with Gasteiger partial charge in [0, 0.05) is 25.1 Å². The first-order valence-electron chi connectivity index (χ1n) is 7.06. The number of anilines is 1. The van der Waals surface area contributed by atoms with Crippen molar-refractivity contribution < 1.29 is 4.74 Å². The molecular weight excluding hydrogens is 274 g/mol. The van der Waals surface area contributed by atoms with Crippen LogP contribution in [0, 0.1) is 0 Å². The smallest absolute Gasteiger partial charge is 0.224 e. The fraction of sp³-hybridized carbons (Fsp3) is 0.467. The quantitative estimate of drug-likeness (QED) is 0.810. The third kappa shape index (κ3) is 2.72. The number of nitrogens with zero attached hydrogens (tertiary/aromatic N) is 3. The van der Waals surface area contributed by atoms with Crippen LogP contribution in [0.3, 0.4) is 0 Å². The lowest BCUT2D eigenvalue weighted by Crippen LogP contribution is -2.32. The first-order chi connectivity index (χ1) is 9.78. The van der Waals surface area contributed by atoms with Crippen LogP contribution < -0.4 is 4.90 Å². The fourth-order valence-corrected chi connectivity index (χ4v) is 2.84. The van der Waals surface area contributed by atoms with Crippen molar-refractivity contribution in [3.8, 4) is 0 Å². The molecule has 2 aromatic rings. The molecule has 0 aliphatic carbocycles. The van der Waals surface area contributed by atoms with Crippen molar-refractivity contribution in [3.05, 3.63) is 29.5 Å². The lowest BCUT2D eigenvalue weighted by atomic mass is 10.2. The van der Waals surface area contributed by atoms with Crippen molar-refractivity contribution >= 4 is 28.3 Å². The number of fused-ring (bicyclic) bond motifs is 1. The van der Waals surface area contributed by atoms with Crippen molar-refractivity contribution in [1.82, 2.24) is 9.97 Å². The van der Waals surface area contributed by atoms with Crippen molar-refractivity contribution in [2.24, 2.45) is 0 Å². The molecule has 1 aliphatic rings. The van der Waals surface area contributed by atoms with Crippen molar-refractivity contribution in [2.75, 3.05) is 24.6 Å². The second-order valence-corrected chi connectivity index (χ2v) is 5.35. The van der Waals surface area contributed by atoms with E-state index >= 15 is 0 Å². The van der Waals surface area contributed by atoms with Crippen LogP contribution in [0.1, 0.15) is 19.8 Å². The Hall–Kier alpha value is -1.39. The molecule has 3 rings (SSSR count). The monoisotopic (exact) mass is 291 g/mol. The lowest BCUT2D eigenvalue weighted by Gasteiger charge is -2.26. The van der Waals surface area contributed by atoms with Crippen LogP contribution in [-0.4, -0.2) is 35.8 Å². The minimum Gasteiger partial charge on any atom is -0.376 e. The molecule has 1 atom stereocenters. The van der Waals surface area contributed by atoms with E-state index in [-0.39, 0.29) is 0 Å². The highest BCUT2D eigenvalue weighted by Gasteiger charge is 2.21. The van der Waals surface area contributed by atoms with Crippen LogP contribution in [0.2, 0.25) is 5.28 Å². The summed E-state index contributed by atoms with van der Waals surface area (Å²) in [5, 5.41) is 1.33. The predicted octanol–water partition coefficient (Wildman–Crippen LogP) is 3.29. The second-order valence-electron chi connectivity index (χ2n) is 5.01. The molecule has 4 nitrogen and oxygen atoms in total. The molecule has 20 heavy (non-hydrogen) atoms. The first kappa shape index (κ1) is 13.6. The van der Waals surface area contributed by atoms with Crippen LogP contribution in [0.5, 0.6) is 0 Å². The van der Waals surface area contributed by atoms with Gasteiger partial charge in [-0.3, -0.25) is 0 Å². The molecule has 0 amide bonds. The number of hydrogen-bond donors (Lipinski definition) is 0. The first-order valence-corrected chi connectivity index (χ1v) is 7.44. The summed E-state index contributed by atoms with van der Waals surface area (Å²) in [6, 6.07) is 7.97. The third-order valence-corrected chi connectivity index (χ3v) is 3.85. The molecule has 2 heterocycles. The summed E-state index contributed by atoms with van der Waals surface area (Å²) in [5.74, 6) is 0.901. The largest absolute Gasteiger partial charge is 0.376 e. The molecule has 0 bridgehead atoms. The highest BCUT2D eigenvalue weighted by molar-refractivity contribution is 6.28. The van der Waals surface area contributed by atoms with Gasteiger partial charge in [-0.1, -0.05) is 12.1 Å². The zero-order valence-corrected chi connectivity index (χ0v) is 12.3. The number of para-hydroxylation sites is 1. The Bertz CT molecular complexity index is 599. The summed E-state index contributed by atoms with van der Waals surface area (Å²) < 4.78 is 5.73. The van der Waals surface area contributed by atoms with E-state index in [1.165, 1.54) is 0 Å². The van der Waals surface area contributed by atoms with Crippen LogP contribution in [0.4, 0.5) is 5.82 Å². The van der Waals surface area contributed by atoms with Gasteiger partial charge in [0.25, 0.3) is 0 Å². The minimum absolute atomic E-state index is 0.294. The van der Waals surface area contributed by atoms with Gasteiger partial charge in [-0.05, 0) is 43.5 Å². The maximum atomic E-state index is 6.06. The van der Waals surface area contributed by atoms with E-state index in [9.17, 15) is 0 Å². The zero-order chi connectivity index (χ0) is 13.9. The van der Waals surface area contributed by atoms with Gasteiger partial charge in [-0.15, -0.1) is 0 Å². The third-order valence-electron chi connectivity index (χ3n) is 3.69. The summed E-state index contributed by atoms with van der Waals surface area (Å²) in [7, 11) is 0. The second kappa shape index (κ2) is 5.94. The lowest BCUT2D eigenvalue weighted by molar-refractivity contribution is 0.115. The Labute approximate surface area is 123 Å². The van der Waals surface area contributed by atoms with E-state index < -0.39 is 0 Å². The van der Waals surface area contributed by atoms with Crippen LogP contribution in [0.25, 0.3) is 10.9 Å². The van der Waals surface area contributed by atoms with E-state index in [1.54, 1.807) is 0 Å². The molecule has 1 aromatic carbocycles. The Balaban J connectivity index is 1.97. The molecule has 0 saturated carbocycles. The Morgan fingerprint density at radius 3 is 2.95 bits per heavy atom. The van der Waals surface area contributed by atoms with Gasteiger partial charge in [-0.2, -0.15) is 4.98 Å². The van der Waals surface area contributed by atoms with Crippen LogP contribution in [0.15, 0.2) is 24.3 Å².